The molecule has 6 nitrogen and oxygen atoms in total. The van der Waals surface area contributed by atoms with E-state index in [1.54, 1.807) is 30.3 Å². The van der Waals surface area contributed by atoms with Crippen LogP contribution in [0.2, 0.25) is 5.02 Å². The minimum absolute atomic E-state index is 0.202. The maximum Gasteiger partial charge on any atom is 0.255 e. The van der Waals surface area contributed by atoms with Crippen molar-refractivity contribution < 1.29 is 17.9 Å². The minimum Gasteiger partial charge on any atom is -0.496 e. The number of halogens is 1. The molecule has 0 aliphatic heterocycles. The molecule has 0 bridgehead atoms. The van der Waals surface area contributed by atoms with Crippen LogP contribution in [0.5, 0.6) is 5.75 Å². The Balaban J connectivity index is 1.96. The second-order valence-corrected chi connectivity index (χ2v) is 7.52. The molecule has 0 fully saturated rings. The lowest BCUT2D eigenvalue weighted by atomic mass is 10.1. The zero-order valence-corrected chi connectivity index (χ0v) is 15.4. The molecule has 0 atom stereocenters. The van der Waals surface area contributed by atoms with Gasteiger partial charge in [-0.2, -0.15) is 0 Å². The smallest absolute Gasteiger partial charge is 0.255 e. The number of hydrogen-bond donors (Lipinski definition) is 2. The average molecular weight is 383 g/mol. The highest BCUT2D eigenvalue weighted by atomic mass is 35.5. The van der Waals surface area contributed by atoms with Crippen LogP contribution in [-0.2, 0) is 16.4 Å². The van der Waals surface area contributed by atoms with Gasteiger partial charge in [0.15, 0.2) is 0 Å². The first kappa shape index (κ1) is 19.2. The number of hydrogen-bond acceptors (Lipinski definition) is 4. The van der Waals surface area contributed by atoms with Crippen molar-refractivity contribution in [3.05, 3.63) is 58.6 Å². The van der Waals surface area contributed by atoms with Crippen LogP contribution in [0.3, 0.4) is 0 Å². The summed E-state index contributed by atoms with van der Waals surface area (Å²) in [5.41, 5.74) is 1.32. The van der Waals surface area contributed by atoms with E-state index in [0.29, 0.717) is 29.3 Å². The maximum absolute atomic E-state index is 12.2. The molecule has 8 heteroatoms. The van der Waals surface area contributed by atoms with E-state index in [1.807, 2.05) is 0 Å². The van der Waals surface area contributed by atoms with Crippen LogP contribution in [0.1, 0.15) is 15.9 Å². The Morgan fingerprint density at radius 3 is 2.44 bits per heavy atom. The number of rotatable bonds is 7. The number of nitrogens with one attached hydrogen (secondary N) is 2. The molecule has 2 N–H and O–H groups in total. The third-order valence-electron chi connectivity index (χ3n) is 3.61. The lowest BCUT2D eigenvalue weighted by Gasteiger charge is -2.10. The average Bonchev–Trinajstić information content (AvgIpc) is 2.61. The Morgan fingerprint density at radius 1 is 1.16 bits per heavy atom. The summed E-state index contributed by atoms with van der Waals surface area (Å²) < 4.78 is 30.8. The van der Waals surface area contributed by atoms with E-state index in [0.717, 1.165) is 5.56 Å². The minimum atomic E-state index is -3.44. The van der Waals surface area contributed by atoms with Crippen molar-refractivity contribution in [2.45, 2.75) is 11.3 Å². The van der Waals surface area contributed by atoms with E-state index in [9.17, 15) is 13.2 Å². The second-order valence-electron chi connectivity index (χ2n) is 5.20. The van der Waals surface area contributed by atoms with Crippen molar-refractivity contribution in [1.82, 2.24) is 10.0 Å². The molecule has 0 heterocycles. The van der Waals surface area contributed by atoms with Crippen LogP contribution < -0.4 is 14.8 Å². The Hall–Kier alpha value is -2.09. The predicted octanol–water partition coefficient (Wildman–Crippen LogP) is 2.23. The summed E-state index contributed by atoms with van der Waals surface area (Å²) >= 11 is 5.88. The molecule has 0 spiro atoms. The Kier molecular flexibility index (Phi) is 6.41. The Bertz CT molecular complexity index is 851. The molecule has 0 unspecified atom stereocenters. The number of ether oxygens (including phenoxy) is 1. The van der Waals surface area contributed by atoms with Gasteiger partial charge in [-0.15, -0.1) is 0 Å². The first-order chi connectivity index (χ1) is 11.9. The van der Waals surface area contributed by atoms with Crippen molar-refractivity contribution >= 4 is 27.5 Å². The summed E-state index contributed by atoms with van der Waals surface area (Å²) in [6, 6.07) is 11.3. The van der Waals surface area contributed by atoms with Crippen molar-refractivity contribution in [2.75, 3.05) is 20.7 Å². The number of amides is 1. The third kappa shape index (κ3) is 4.94. The summed E-state index contributed by atoms with van der Waals surface area (Å²) in [5, 5.41) is 3.30. The predicted molar refractivity (Wildman–Crippen MR) is 96.7 cm³/mol. The van der Waals surface area contributed by atoms with Gasteiger partial charge in [0.1, 0.15) is 5.75 Å². The van der Waals surface area contributed by atoms with Gasteiger partial charge in [-0.25, -0.2) is 13.1 Å². The van der Waals surface area contributed by atoms with Gasteiger partial charge in [-0.3, -0.25) is 4.79 Å². The van der Waals surface area contributed by atoms with Crippen LogP contribution in [0.15, 0.2) is 47.4 Å². The fourth-order valence-corrected chi connectivity index (χ4v) is 3.11. The van der Waals surface area contributed by atoms with Crippen LogP contribution >= 0.6 is 11.6 Å². The number of carbonyl (C=O) groups excluding carboxylic acids is 1. The van der Waals surface area contributed by atoms with E-state index in [1.165, 1.54) is 26.3 Å². The Morgan fingerprint density at radius 2 is 1.84 bits per heavy atom. The lowest BCUT2D eigenvalue weighted by Crippen LogP contribution is -2.26. The molecular weight excluding hydrogens is 364 g/mol. The zero-order valence-electron chi connectivity index (χ0n) is 13.9. The molecule has 0 aliphatic rings. The standard InChI is InChI=1S/C17H19ClN2O4S/c1-19-25(22,23)14-6-3-12(4-7-14)9-10-20-17(21)15-8-5-13(18)11-16(15)24-2/h3-8,11,19H,9-10H2,1-2H3,(H,20,21). The summed E-state index contributed by atoms with van der Waals surface area (Å²) in [4.78, 5) is 12.4. The Labute approximate surface area is 152 Å². The molecule has 25 heavy (non-hydrogen) atoms. The number of methoxy groups -OCH3 is 1. The first-order valence-corrected chi connectivity index (χ1v) is 9.37. The molecule has 2 rings (SSSR count). The highest BCUT2D eigenvalue weighted by molar-refractivity contribution is 7.89. The molecule has 1 amide bonds. The highest BCUT2D eigenvalue weighted by Gasteiger charge is 2.13. The fourth-order valence-electron chi connectivity index (χ4n) is 2.22. The van der Waals surface area contributed by atoms with Crippen LogP contribution in [0.25, 0.3) is 0 Å². The molecule has 0 aliphatic carbocycles. The second kappa shape index (κ2) is 8.33. The van der Waals surface area contributed by atoms with E-state index in [4.69, 9.17) is 16.3 Å². The number of sulfonamides is 1. The summed E-state index contributed by atoms with van der Waals surface area (Å²) in [7, 11) is -0.600. The zero-order chi connectivity index (χ0) is 18.4. The molecule has 0 saturated carbocycles. The van der Waals surface area contributed by atoms with Gasteiger partial charge < -0.3 is 10.1 Å². The van der Waals surface area contributed by atoms with Crippen LogP contribution in [0, 0.1) is 0 Å². The summed E-state index contributed by atoms with van der Waals surface area (Å²) in [5.74, 6) is 0.148. The quantitative estimate of drug-likeness (QED) is 0.769. The van der Waals surface area contributed by atoms with Crippen molar-refractivity contribution in [1.29, 1.82) is 0 Å². The first-order valence-electron chi connectivity index (χ1n) is 7.51. The largest absolute Gasteiger partial charge is 0.496 e. The van der Waals surface area contributed by atoms with Gasteiger partial charge >= 0.3 is 0 Å². The number of benzene rings is 2. The molecule has 0 aromatic heterocycles. The molecule has 0 radical (unpaired) electrons. The highest BCUT2D eigenvalue weighted by Crippen LogP contribution is 2.22. The SMILES string of the molecule is CNS(=O)(=O)c1ccc(CCNC(=O)c2ccc(Cl)cc2OC)cc1. The van der Waals surface area contributed by atoms with Crippen molar-refractivity contribution in [2.24, 2.45) is 0 Å². The van der Waals surface area contributed by atoms with Crippen molar-refractivity contribution in [3.63, 3.8) is 0 Å². The van der Waals surface area contributed by atoms with E-state index < -0.39 is 10.0 Å². The van der Waals surface area contributed by atoms with Gasteiger partial charge in [0.25, 0.3) is 5.91 Å². The lowest BCUT2D eigenvalue weighted by molar-refractivity contribution is 0.0951. The summed E-state index contributed by atoms with van der Waals surface area (Å²) in [6.45, 7) is 0.405. The monoisotopic (exact) mass is 382 g/mol. The number of carbonyl (C=O) groups is 1. The summed E-state index contributed by atoms with van der Waals surface area (Å²) in [6.07, 6.45) is 0.571. The molecule has 134 valence electrons. The normalized spacial score (nSPS) is 11.2. The molecule has 2 aromatic carbocycles. The van der Waals surface area contributed by atoms with Crippen LogP contribution in [0.4, 0.5) is 0 Å². The van der Waals surface area contributed by atoms with E-state index in [2.05, 4.69) is 10.0 Å². The molecule has 0 saturated heterocycles. The van der Waals surface area contributed by atoms with Crippen molar-refractivity contribution in [3.8, 4) is 5.75 Å². The molecular formula is C17H19ClN2O4S. The van der Waals surface area contributed by atoms with E-state index in [-0.39, 0.29) is 10.8 Å². The third-order valence-corrected chi connectivity index (χ3v) is 5.28. The topological polar surface area (TPSA) is 84.5 Å². The van der Waals surface area contributed by atoms with Crippen LogP contribution in [-0.4, -0.2) is 35.0 Å². The van der Waals surface area contributed by atoms with Gasteiger partial charge in [0.05, 0.1) is 17.6 Å². The van der Waals surface area contributed by atoms with Gasteiger partial charge in [-0.05, 0) is 49.4 Å². The fraction of sp³-hybridized carbons (Fsp3) is 0.235. The molecule has 2 aromatic rings. The van der Waals surface area contributed by atoms with E-state index >= 15 is 0 Å². The maximum atomic E-state index is 12.2. The van der Waals surface area contributed by atoms with Gasteiger partial charge in [0, 0.05) is 11.6 Å². The van der Waals surface area contributed by atoms with Gasteiger partial charge in [-0.1, -0.05) is 23.7 Å². The van der Waals surface area contributed by atoms with Gasteiger partial charge in [0.2, 0.25) is 10.0 Å².